The van der Waals surface area contributed by atoms with Crippen LogP contribution in [0.3, 0.4) is 0 Å². The Labute approximate surface area is 87.7 Å². The average Bonchev–Trinajstić information content (AvgIpc) is 2.55. The molecule has 4 nitrogen and oxygen atoms in total. The summed E-state index contributed by atoms with van der Waals surface area (Å²) in [6.07, 6.45) is 1.83. The van der Waals surface area contributed by atoms with E-state index in [0.29, 0.717) is 18.1 Å². The van der Waals surface area contributed by atoms with Crippen LogP contribution in [0.25, 0.3) is 5.52 Å². The lowest BCUT2D eigenvalue weighted by atomic mass is 10.2. The van der Waals surface area contributed by atoms with Gasteiger partial charge in [0.05, 0.1) is 12.1 Å². The third-order valence-corrected chi connectivity index (χ3v) is 2.15. The van der Waals surface area contributed by atoms with Crippen LogP contribution in [0.4, 0.5) is 0 Å². The Morgan fingerprint density at radius 1 is 1.60 bits per heavy atom. The van der Waals surface area contributed by atoms with Crippen LogP contribution in [0.1, 0.15) is 18.1 Å². The summed E-state index contributed by atoms with van der Waals surface area (Å²) in [5, 5.41) is 13.2. The smallest absolute Gasteiger partial charge is 0.252 e. The van der Waals surface area contributed by atoms with Crippen LogP contribution in [0.15, 0.2) is 18.3 Å². The fraction of sp³-hybridized carbons (Fsp3) is 0.273. The molecule has 0 saturated heterocycles. The Hall–Kier alpha value is -2.02. The van der Waals surface area contributed by atoms with Gasteiger partial charge in [-0.1, -0.05) is 0 Å². The molecule has 0 aliphatic rings. The van der Waals surface area contributed by atoms with Gasteiger partial charge < -0.3 is 4.74 Å². The highest BCUT2D eigenvalue weighted by Crippen LogP contribution is 2.22. The Balaban J connectivity index is 2.70. The van der Waals surface area contributed by atoms with E-state index >= 15 is 0 Å². The predicted octanol–water partition coefficient (Wildman–Crippen LogP) is 1.91. The summed E-state index contributed by atoms with van der Waals surface area (Å²) in [5.74, 6) is 0.408. The molecule has 0 radical (unpaired) electrons. The Kier molecular flexibility index (Phi) is 2.30. The normalized spacial score (nSPS) is 10.2. The monoisotopic (exact) mass is 201 g/mol. The SMILES string of the molecule is CCOc1nn2ccc(C)cc2c1C#N. The highest BCUT2D eigenvalue weighted by molar-refractivity contribution is 5.65. The highest BCUT2D eigenvalue weighted by Gasteiger charge is 2.12. The maximum absolute atomic E-state index is 9.04. The first-order valence-electron chi connectivity index (χ1n) is 4.78. The van der Waals surface area contributed by atoms with E-state index in [4.69, 9.17) is 10.00 Å². The highest BCUT2D eigenvalue weighted by atomic mass is 16.5. The lowest BCUT2D eigenvalue weighted by Gasteiger charge is -1.95. The van der Waals surface area contributed by atoms with Gasteiger partial charge in [-0.05, 0) is 31.5 Å². The molecular weight excluding hydrogens is 190 g/mol. The number of nitrogens with zero attached hydrogens (tertiary/aromatic N) is 3. The van der Waals surface area contributed by atoms with E-state index in [9.17, 15) is 0 Å². The van der Waals surface area contributed by atoms with Crippen molar-refractivity contribution < 1.29 is 4.74 Å². The van der Waals surface area contributed by atoms with Gasteiger partial charge in [-0.25, -0.2) is 4.52 Å². The van der Waals surface area contributed by atoms with Gasteiger partial charge in [-0.15, -0.1) is 5.10 Å². The van der Waals surface area contributed by atoms with Crippen LogP contribution in [0.2, 0.25) is 0 Å². The zero-order valence-corrected chi connectivity index (χ0v) is 8.69. The molecule has 0 bridgehead atoms. The van der Waals surface area contributed by atoms with Crippen LogP contribution in [0.5, 0.6) is 5.88 Å². The molecule has 0 aliphatic carbocycles. The first-order chi connectivity index (χ1) is 7.26. The van der Waals surface area contributed by atoms with E-state index in [0.717, 1.165) is 11.1 Å². The van der Waals surface area contributed by atoms with Crippen LogP contribution >= 0.6 is 0 Å². The summed E-state index contributed by atoms with van der Waals surface area (Å²) >= 11 is 0. The van der Waals surface area contributed by atoms with Gasteiger partial charge in [-0.2, -0.15) is 5.26 Å². The van der Waals surface area contributed by atoms with Crippen LogP contribution in [-0.4, -0.2) is 16.2 Å². The molecular formula is C11H11N3O. The number of hydrogen-bond acceptors (Lipinski definition) is 3. The zero-order chi connectivity index (χ0) is 10.8. The molecule has 0 spiro atoms. The predicted molar refractivity (Wildman–Crippen MR) is 55.8 cm³/mol. The Morgan fingerprint density at radius 2 is 2.40 bits per heavy atom. The third-order valence-electron chi connectivity index (χ3n) is 2.15. The first kappa shape index (κ1) is 9.53. The molecule has 76 valence electrons. The lowest BCUT2D eigenvalue weighted by molar-refractivity contribution is 0.324. The molecule has 0 saturated carbocycles. The minimum absolute atomic E-state index is 0.408. The first-order valence-corrected chi connectivity index (χ1v) is 4.78. The minimum Gasteiger partial charge on any atom is -0.476 e. The number of pyridine rings is 1. The van der Waals surface area contributed by atoms with Crippen LogP contribution < -0.4 is 4.74 Å². The lowest BCUT2D eigenvalue weighted by Crippen LogP contribution is -1.93. The number of aromatic nitrogens is 2. The molecule has 0 fully saturated rings. The average molecular weight is 201 g/mol. The molecule has 15 heavy (non-hydrogen) atoms. The van der Waals surface area contributed by atoms with Gasteiger partial charge in [0.15, 0.2) is 0 Å². The largest absolute Gasteiger partial charge is 0.476 e. The molecule has 0 aliphatic heterocycles. The maximum Gasteiger partial charge on any atom is 0.252 e. The van der Waals surface area contributed by atoms with Gasteiger partial charge >= 0.3 is 0 Å². The molecule has 0 amide bonds. The quantitative estimate of drug-likeness (QED) is 0.745. The summed E-state index contributed by atoms with van der Waals surface area (Å²) in [6.45, 7) is 4.36. The molecule has 0 aromatic carbocycles. The van der Waals surface area contributed by atoms with E-state index in [1.807, 2.05) is 32.2 Å². The van der Waals surface area contributed by atoms with Crippen molar-refractivity contribution in [2.45, 2.75) is 13.8 Å². The zero-order valence-electron chi connectivity index (χ0n) is 8.69. The van der Waals surface area contributed by atoms with Gasteiger partial charge in [0.2, 0.25) is 0 Å². The topological polar surface area (TPSA) is 50.3 Å². The number of aryl methyl sites for hydroxylation is 1. The van der Waals surface area contributed by atoms with Crippen molar-refractivity contribution >= 4 is 5.52 Å². The number of hydrogen-bond donors (Lipinski definition) is 0. The summed E-state index contributed by atoms with van der Waals surface area (Å²) in [5.41, 5.74) is 2.39. The van der Waals surface area contributed by atoms with Gasteiger partial charge in [0.25, 0.3) is 5.88 Å². The van der Waals surface area contributed by atoms with Crippen LogP contribution in [-0.2, 0) is 0 Å². The van der Waals surface area contributed by atoms with Crippen molar-refractivity contribution in [2.24, 2.45) is 0 Å². The van der Waals surface area contributed by atoms with E-state index in [1.54, 1.807) is 4.52 Å². The minimum atomic E-state index is 0.408. The standard InChI is InChI=1S/C11H11N3O/c1-3-15-11-9(7-12)10-6-8(2)4-5-14(10)13-11/h4-6H,3H2,1-2H3. The number of ether oxygens (including phenoxy) is 1. The Bertz CT molecular complexity index is 536. The number of nitriles is 1. The molecule has 0 atom stereocenters. The Morgan fingerprint density at radius 3 is 3.07 bits per heavy atom. The molecule has 2 aromatic heterocycles. The summed E-state index contributed by atoms with van der Waals surface area (Å²) in [6, 6.07) is 5.99. The summed E-state index contributed by atoms with van der Waals surface area (Å²) in [4.78, 5) is 0. The molecule has 0 unspecified atom stereocenters. The third kappa shape index (κ3) is 1.52. The van der Waals surface area contributed by atoms with Gasteiger partial charge in [-0.3, -0.25) is 0 Å². The summed E-state index contributed by atoms with van der Waals surface area (Å²) in [7, 11) is 0. The molecule has 2 heterocycles. The van der Waals surface area contributed by atoms with Gasteiger partial charge in [0.1, 0.15) is 11.6 Å². The molecule has 2 rings (SSSR count). The van der Waals surface area contributed by atoms with Crippen molar-refractivity contribution in [2.75, 3.05) is 6.61 Å². The van der Waals surface area contributed by atoms with E-state index in [2.05, 4.69) is 11.2 Å². The molecule has 4 heteroatoms. The summed E-state index contributed by atoms with van der Waals surface area (Å²) < 4.78 is 6.96. The van der Waals surface area contributed by atoms with Crippen molar-refractivity contribution in [1.82, 2.24) is 9.61 Å². The van der Waals surface area contributed by atoms with Gasteiger partial charge in [0, 0.05) is 6.20 Å². The van der Waals surface area contributed by atoms with E-state index in [-0.39, 0.29) is 0 Å². The second-order valence-corrected chi connectivity index (χ2v) is 3.26. The maximum atomic E-state index is 9.04. The van der Waals surface area contributed by atoms with Crippen molar-refractivity contribution in [1.29, 1.82) is 5.26 Å². The van der Waals surface area contributed by atoms with E-state index in [1.165, 1.54) is 0 Å². The van der Waals surface area contributed by atoms with Crippen LogP contribution in [0, 0.1) is 18.3 Å². The van der Waals surface area contributed by atoms with Crippen molar-refractivity contribution in [3.63, 3.8) is 0 Å². The second kappa shape index (κ2) is 3.62. The number of rotatable bonds is 2. The number of fused-ring (bicyclic) bond motifs is 1. The fourth-order valence-electron chi connectivity index (χ4n) is 1.47. The second-order valence-electron chi connectivity index (χ2n) is 3.26. The molecule has 2 aromatic rings. The van der Waals surface area contributed by atoms with Crippen molar-refractivity contribution in [3.8, 4) is 11.9 Å². The van der Waals surface area contributed by atoms with E-state index < -0.39 is 0 Å². The van der Waals surface area contributed by atoms with Crippen molar-refractivity contribution in [3.05, 3.63) is 29.5 Å². The fourth-order valence-corrected chi connectivity index (χ4v) is 1.47. The molecule has 0 N–H and O–H groups in total.